The lowest BCUT2D eigenvalue weighted by Crippen LogP contribution is -2.11. The Morgan fingerprint density at radius 3 is 2.47 bits per heavy atom. The van der Waals surface area contributed by atoms with Crippen molar-refractivity contribution < 1.29 is 18.0 Å². The highest BCUT2D eigenvalue weighted by molar-refractivity contribution is 9.09. The number of halogens is 4. The Morgan fingerprint density at radius 1 is 1.47 bits per heavy atom. The van der Waals surface area contributed by atoms with Gasteiger partial charge in [0.15, 0.2) is 5.78 Å². The van der Waals surface area contributed by atoms with Crippen LogP contribution >= 0.6 is 15.9 Å². The van der Waals surface area contributed by atoms with Crippen LogP contribution in [0.1, 0.15) is 27.0 Å². The highest BCUT2D eigenvalue weighted by Crippen LogP contribution is 2.32. The molecule has 0 fully saturated rings. The Balaban J connectivity index is 3.51. The summed E-state index contributed by atoms with van der Waals surface area (Å²) in [6.45, 7) is 1.45. The van der Waals surface area contributed by atoms with Crippen LogP contribution in [0.25, 0.3) is 0 Å². The van der Waals surface area contributed by atoms with Crippen molar-refractivity contribution in [1.82, 2.24) is 0 Å². The highest BCUT2D eigenvalue weighted by Gasteiger charge is 2.32. The average molecular weight is 306 g/mol. The SMILES string of the molecule is Cc1c(C#N)cc(C(F)(F)F)cc1C(=O)CBr. The molecule has 0 radical (unpaired) electrons. The zero-order valence-corrected chi connectivity index (χ0v) is 10.3. The summed E-state index contributed by atoms with van der Waals surface area (Å²) < 4.78 is 37.7. The third-order valence-corrected chi connectivity index (χ3v) is 2.79. The molecule has 2 nitrogen and oxygen atoms in total. The molecular weight excluding hydrogens is 299 g/mol. The van der Waals surface area contributed by atoms with E-state index in [0.717, 1.165) is 12.1 Å². The molecule has 6 heteroatoms. The largest absolute Gasteiger partial charge is 0.416 e. The summed E-state index contributed by atoms with van der Waals surface area (Å²) >= 11 is 2.89. The molecule has 0 heterocycles. The van der Waals surface area contributed by atoms with Crippen LogP contribution in [0.4, 0.5) is 13.2 Å². The Morgan fingerprint density at radius 2 is 2.06 bits per heavy atom. The molecule has 0 amide bonds. The minimum atomic E-state index is -4.57. The monoisotopic (exact) mass is 305 g/mol. The maximum atomic E-state index is 12.6. The van der Waals surface area contributed by atoms with E-state index in [2.05, 4.69) is 15.9 Å². The minimum absolute atomic E-state index is 0.0757. The smallest absolute Gasteiger partial charge is 0.293 e. The van der Waals surface area contributed by atoms with Crippen LogP contribution in [-0.2, 0) is 6.18 Å². The lowest BCUT2D eigenvalue weighted by Gasteiger charge is -2.11. The van der Waals surface area contributed by atoms with Gasteiger partial charge in [0, 0.05) is 5.56 Å². The summed E-state index contributed by atoms with van der Waals surface area (Å²) in [5, 5.41) is 8.66. The predicted molar refractivity (Wildman–Crippen MR) is 59.0 cm³/mol. The quantitative estimate of drug-likeness (QED) is 0.620. The fourth-order valence-corrected chi connectivity index (χ4v) is 1.66. The molecule has 0 saturated carbocycles. The van der Waals surface area contributed by atoms with Gasteiger partial charge in [-0.3, -0.25) is 4.79 Å². The van der Waals surface area contributed by atoms with E-state index in [0.29, 0.717) is 0 Å². The van der Waals surface area contributed by atoms with E-state index in [1.807, 2.05) is 0 Å². The second kappa shape index (κ2) is 4.88. The van der Waals surface area contributed by atoms with E-state index < -0.39 is 17.5 Å². The van der Waals surface area contributed by atoms with Crippen molar-refractivity contribution in [3.05, 3.63) is 34.4 Å². The fraction of sp³-hybridized carbons (Fsp3) is 0.273. The van der Waals surface area contributed by atoms with Crippen molar-refractivity contribution in [3.63, 3.8) is 0 Å². The van der Waals surface area contributed by atoms with E-state index in [1.54, 1.807) is 6.07 Å². The normalized spacial score (nSPS) is 11.1. The van der Waals surface area contributed by atoms with Crippen LogP contribution in [0.2, 0.25) is 0 Å². The van der Waals surface area contributed by atoms with Crippen molar-refractivity contribution in [2.24, 2.45) is 0 Å². The van der Waals surface area contributed by atoms with Gasteiger partial charge in [-0.1, -0.05) is 15.9 Å². The number of hydrogen-bond acceptors (Lipinski definition) is 2. The number of benzene rings is 1. The zero-order chi connectivity index (χ0) is 13.2. The Labute approximate surface area is 104 Å². The first-order valence-electron chi connectivity index (χ1n) is 4.52. The van der Waals surface area contributed by atoms with Gasteiger partial charge in [0.25, 0.3) is 0 Å². The van der Waals surface area contributed by atoms with Crippen molar-refractivity contribution >= 4 is 21.7 Å². The molecule has 0 aliphatic carbocycles. The average Bonchev–Trinajstić information content (AvgIpc) is 2.26. The van der Waals surface area contributed by atoms with Crippen molar-refractivity contribution in [1.29, 1.82) is 5.26 Å². The standard InChI is InChI=1S/C11H7BrF3NO/c1-6-7(5-16)2-8(11(13,14)15)3-9(6)10(17)4-12/h2-3H,4H2,1H3. The number of rotatable bonds is 2. The summed E-state index contributed by atoms with van der Waals surface area (Å²) in [4.78, 5) is 11.5. The lowest BCUT2D eigenvalue weighted by atomic mass is 9.97. The third kappa shape index (κ3) is 2.86. The van der Waals surface area contributed by atoms with Gasteiger partial charge in [0.2, 0.25) is 0 Å². The van der Waals surface area contributed by atoms with Crippen LogP contribution in [-0.4, -0.2) is 11.1 Å². The van der Waals surface area contributed by atoms with Gasteiger partial charge < -0.3 is 0 Å². The van der Waals surface area contributed by atoms with Crippen molar-refractivity contribution in [2.45, 2.75) is 13.1 Å². The lowest BCUT2D eigenvalue weighted by molar-refractivity contribution is -0.137. The van der Waals surface area contributed by atoms with Gasteiger partial charge >= 0.3 is 6.18 Å². The number of alkyl halides is 4. The number of nitrogens with zero attached hydrogens (tertiary/aromatic N) is 1. The zero-order valence-electron chi connectivity index (χ0n) is 8.73. The summed E-state index contributed by atoms with van der Waals surface area (Å²) in [5.74, 6) is -0.481. The fourth-order valence-electron chi connectivity index (χ4n) is 1.36. The maximum absolute atomic E-state index is 12.6. The molecule has 0 aliphatic rings. The van der Waals surface area contributed by atoms with Crippen LogP contribution in [0.15, 0.2) is 12.1 Å². The number of hydrogen-bond donors (Lipinski definition) is 0. The molecule has 0 aromatic heterocycles. The van der Waals surface area contributed by atoms with E-state index in [1.165, 1.54) is 6.92 Å². The Hall–Kier alpha value is -1.35. The molecule has 0 spiro atoms. The molecular formula is C11H7BrF3NO. The molecule has 0 N–H and O–H groups in total. The number of carbonyl (C=O) groups excluding carboxylic acids is 1. The van der Waals surface area contributed by atoms with E-state index >= 15 is 0 Å². The topological polar surface area (TPSA) is 40.9 Å². The number of nitriles is 1. The molecule has 0 atom stereocenters. The van der Waals surface area contributed by atoms with Gasteiger partial charge in [-0.05, 0) is 24.6 Å². The van der Waals surface area contributed by atoms with Crippen LogP contribution in [0.5, 0.6) is 0 Å². The van der Waals surface area contributed by atoms with Gasteiger partial charge in [-0.25, -0.2) is 0 Å². The van der Waals surface area contributed by atoms with Crippen LogP contribution < -0.4 is 0 Å². The molecule has 0 aliphatic heterocycles. The van der Waals surface area contributed by atoms with Crippen molar-refractivity contribution in [3.8, 4) is 6.07 Å². The van der Waals surface area contributed by atoms with E-state index in [4.69, 9.17) is 5.26 Å². The summed E-state index contributed by atoms with van der Waals surface area (Å²) in [5.41, 5.74) is -0.925. The summed E-state index contributed by atoms with van der Waals surface area (Å²) in [7, 11) is 0. The van der Waals surface area contributed by atoms with Crippen LogP contribution in [0, 0.1) is 18.3 Å². The molecule has 0 saturated heterocycles. The van der Waals surface area contributed by atoms with E-state index in [-0.39, 0.29) is 22.0 Å². The second-order valence-electron chi connectivity index (χ2n) is 3.36. The first kappa shape index (κ1) is 13.7. The van der Waals surface area contributed by atoms with Gasteiger partial charge in [0.05, 0.1) is 22.5 Å². The number of ketones is 1. The van der Waals surface area contributed by atoms with Crippen LogP contribution in [0.3, 0.4) is 0 Å². The molecule has 17 heavy (non-hydrogen) atoms. The summed E-state index contributed by atoms with van der Waals surface area (Å²) in [6, 6.07) is 3.19. The Bertz CT molecular complexity index is 503. The minimum Gasteiger partial charge on any atom is -0.293 e. The summed E-state index contributed by atoms with van der Waals surface area (Å²) in [6.07, 6.45) is -4.57. The third-order valence-electron chi connectivity index (χ3n) is 2.28. The highest BCUT2D eigenvalue weighted by atomic mass is 79.9. The van der Waals surface area contributed by atoms with Gasteiger partial charge in [-0.15, -0.1) is 0 Å². The number of Topliss-reactive ketones (excluding diaryl/α,β-unsaturated/α-hetero) is 1. The molecule has 1 aromatic carbocycles. The molecule has 0 bridgehead atoms. The molecule has 0 unspecified atom stereocenters. The van der Waals surface area contributed by atoms with Gasteiger partial charge in [0.1, 0.15) is 0 Å². The van der Waals surface area contributed by atoms with Gasteiger partial charge in [-0.2, -0.15) is 18.4 Å². The maximum Gasteiger partial charge on any atom is 0.416 e. The predicted octanol–water partition coefficient (Wildman–Crippen LogP) is 3.46. The Kier molecular flexibility index (Phi) is 3.94. The molecule has 1 aromatic rings. The van der Waals surface area contributed by atoms with E-state index in [9.17, 15) is 18.0 Å². The van der Waals surface area contributed by atoms with Crippen molar-refractivity contribution in [2.75, 3.05) is 5.33 Å². The number of carbonyl (C=O) groups is 1. The molecule has 1 rings (SSSR count). The first-order chi connectivity index (χ1) is 7.81. The first-order valence-corrected chi connectivity index (χ1v) is 5.64. The molecule has 90 valence electrons. The second-order valence-corrected chi connectivity index (χ2v) is 3.92.